The van der Waals surface area contributed by atoms with Crippen LogP contribution in [0, 0.1) is 3.57 Å². The molecule has 0 heterocycles. The van der Waals surface area contributed by atoms with Gasteiger partial charge in [-0.25, -0.2) is 10.3 Å². The van der Waals surface area contributed by atoms with Crippen LogP contribution < -0.4 is 5.48 Å². The highest BCUT2D eigenvalue weighted by molar-refractivity contribution is 14.1. The molecule has 1 amide bonds. The minimum Gasteiger partial charge on any atom is -0.338 e. The lowest BCUT2D eigenvalue weighted by molar-refractivity contribution is 0.0596. The number of amides is 1. The van der Waals surface area contributed by atoms with Crippen LogP contribution >= 0.6 is 22.6 Å². The molecule has 0 aliphatic rings. The summed E-state index contributed by atoms with van der Waals surface area (Å²) in [6.07, 6.45) is 0. The van der Waals surface area contributed by atoms with E-state index in [-0.39, 0.29) is 0 Å². The van der Waals surface area contributed by atoms with E-state index in [0.717, 1.165) is 14.3 Å². The van der Waals surface area contributed by atoms with Gasteiger partial charge >= 0.3 is 5.97 Å². The Labute approximate surface area is 192 Å². The molecule has 0 saturated carbocycles. The van der Waals surface area contributed by atoms with Gasteiger partial charge in [0.15, 0.2) is 0 Å². The fraction of sp³-hybridized carbons (Fsp3) is 0. The molecule has 4 aromatic rings. The molecule has 0 aliphatic carbocycles. The van der Waals surface area contributed by atoms with E-state index in [1.165, 1.54) is 0 Å². The van der Waals surface area contributed by atoms with Gasteiger partial charge in [0.1, 0.15) is 0 Å². The van der Waals surface area contributed by atoms with E-state index >= 15 is 0 Å². The van der Waals surface area contributed by atoms with Crippen molar-refractivity contribution in [2.45, 2.75) is 0 Å². The Morgan fingerprint density at radius 3 is 2.29 bits per heavy atom. The molecule has 0 bridgehead atoms. The molecule has 6 nitrogen and oxygen atoms in total. The van der Waals surface area contributed by atoms with Gasteiger partial charge < -0.3 is 4.84 Å². The molecule has 0 radical (unpaired) electrons. The fourth-order valence-corrected chi connectivity index (χ4v) is 3.49. The van der Waals surface area contributed by atoms with E-state index in [2.05, 4.69) is 38.3 Å². The van der Waals surface area contributed by atoms with E-state index in [9.17, 15) is 9.59 Å². The summed E-state index contributed by atoms with van der Waals surface area (Å²) in [5.41, 5.74) is 4.65. The van der Waals surface area contributed by atoms with Crippen molar-refractivity contribution in [3.63, 3.8) is 0 Å². The van der Waals surface area contributed by atoms with Crippen molar-refractivity contribution in [1.29, 1.82) is 0 Å². The second kappa shape index (κ2) is 9.48. The zero-order valence-corrected chi connectivity index (χ0v) is 18.3. The summed E-state index contributed by atoms with van der Waals surface area (Å²) >= 11 is 2.08. The molecule has 0 atom stereocenters. The van der Waals surface area contributed by atoms with Gasteiger partial charge in [-0.2, -0.15) is 0 Å². The van der Waals surface area contributed by atoms with Crippen LogP contribution in [0.1, 0.15) is 20.7 Å². The van der Waals surface area contributed by atoms with E-state index in [4.69, 9.17) is 4.84 Å². The minimum atomic E-state index is -0.488. The molecule has 0 fully saturated rings. The van der Waals surface area contributed by atoms with Crippen molar-refractivity contribution in [2.75, 3.05) is 5.48 Å². The lowest BCUT2D eigenvalue weighted by Gasteiger charge is -2.07. The molecule has 7 heteroatoms. The van der Waals surface area contributed by atoms with Gasteiger partial charge in [-0.05, 0) is 81.9 Å². The Balaban J connectivity index is 1.36. The largest absolute Gasteiger partial charge is 0.362 e. The molecule has 0 aliphatic heterocycles. The average Bonchev–Trinajstić information content (AvgIpc) is 2.81. The first-order valence-electron chi connectivity index (χ1n) is 9.37. The molecule has 0 unspecified atom stereocenters. The van der Waals surface area contributed by atoms with Crippen LogP contribution in [0.2, 0.25) is 0 Å². The maximum absolute atomic E-state index is 12.3. The normalized spacial score (nSPS) is 10.9. The van der Waals surface area contributed by atoms with Gasteiger partial charge in [0.05, 0.1) is 22.5 Å². The highest BCUT2D eigenvalue weighted by Crippen LogP contribution is 2.20. The fourth-order valence-electron chi connectivity index (χ4n) is 2.87. The molecule has 0 aromatic heterocycles. The van der Waals surface area contributed by atoms with Gasteiger partial charge in [0, 0.05) is 3.57 Å². The summed E-state index contributed by atoms with van der Waals surface area (Å²) in [5.74, 6) is -0.894. The molecule has 31 heavy (non-hydrogen) atoms. The maximum atomic E-state index is 12.3. The second-order valence-corrected chi connectivity index (χ2v) is 7.75. The van der Waals surface area contributed by atoms with Gasteiger partial charge in [-0.15, -0.1) is 10.2 Å². The highest BCUT2D eigenvalue weighted by Gasteiger charge is 2.09. The van der Waals surface area contributed by atoms with Gasteiger partial charge in [-0.3, -0.25) is 4.79 Å². The van der Waals surface area contributed by atoms with Crippen LogP contribution in [-0.2, 0) is 4.84 Å². The van der Waals surface area contributed by atoms with Crippen molar-refractivity contribution in [2.24, 2.45) is 10.2 Å². The third-order valence-corrected chi connectivity index (χ3v) is 5.42. The third kappa shape index (κ3) is 5.13. The number of fused-ring (bicyclic) bond motifs is 1. The summed E-state index contributed by atoms with van der Waals surface area (Å²) in [4.78, 5) is 29.7. The van der Waals surface area contributed by atoms with Gasteiger partial charge in [0.2, 0.25) is 0 Å². The van der Waals surface area contributed by atoms with E-state index in [1.54, 1.807) is 48.5 Å². The van der Waals surface area contributed by atoms with Crippen molar-refractivity contribution in [3.05, 3.63) is 106 Å². The summed E-state index contributed by atoms with van der Waals surface area (Å²) in [5, 5.41) is 9.76. The van der Waals surface area contributed by atoms with Crippen LogP contribution in [0.25, 0.3) is 10.8 Å². The number of nitrogens with one attached hydrogen (secondary N) is 1. The zero-order chi connectivity index (χ0) is 21.6. The van der Waals surface area contributed by atoms with E-state index in [1.807, 2.05) is 42.5 Å². The van der Waals surface area contributed by atoms with Gasteiger partial charge in [-0.1, -0.05) is 42.5 Å². The molecule has 4 aromatic carbocycles. The standard InChI is InChI=1S/C24H16IN3O3/c25-22-8-4-3-7-21(22)23(29)27-26-19-11-13-20(14-12-19)28-31-24(30)18-10-9-16-5-1-2-6-17(16)15-18/h1-15,28H. The Morgan fingerprint density at radius 1 is 0.806 bits per heavy atom. The number of hydrogen-bond donors (Lipinski definition) is 1. The minimum absolute atomic E-state index is 0.406. The Bertz CT molecular complexity index is 1290. The number of hydrogen-bond acceptors (Lipinski definition) is 5. The van der Waals surface area contributed by atoms with Crippen LogP contribution in [0.15, 0.2) is 101 Å². The van der Waals surface area contributed by atoms with E-state index in [0.29, 0.717) is 22.5 Å². The van der Waals surface area contributed by atoms with E-state index < -0.39 is 11.9 Å². The number of azo groups is 1. The lowest BCUT2D eigenvalue weighted by Crippen LogP contribution is -2.10. The van der Waals surface area contributed by atoms with Crippen LogP contribution in [-0.4, -0.2) is 11.9 Å². The number of rotatable bonds is 5. The average molecular weight is 521 g/mol. The Hall–Kier alpha value is -3.59. The number of nitrogens with zero attached hydrogens (tertiary/aromatic N) is 2. The monoisotopic (exact) mass is 521 g/mol. The molecule has 4 rings (SSSR count). The quantitative estimate of drug-likeness (QED) is 0.184. The highest BCUT2D eigenvalue weighted by atomic mass is 127. The number of benzene rings is 4. The third-order valence-electron chi connectivity index (χ3n) is 4.47. The first kappa shape index (κ1) is 20.7. The maximum Gasteiger partial charge on any atom is 0.362 e. The van der Waals surface area contributed by atoms with Crippen molar-refractivity contribution in [1.82, 2.24) is 0 Å². The lowest BCUT2D eigenvalue weighted by atomic mass is 10.1. The summed E-state index contributed by atoms with van der Waals surface area (Å²) in [6.45, 7) is 0. The molecule has 1 N–H and O–H groups in total. The predicted molar refractivity (Wildman–Crippen MR) is 127 cm³/mol. The van der Waals surface area contributed by atoms with Gasteiger partial charge in [0.25, 0.3) is 5.91 Å². The summed E-state index contributed by atoms with van der Waals surface area (Å²) < 4.78 is 0.817. The van der Waals surface area contributed by atoms with Crippen LogP contribution in [0.3, 0.4) is 0 Å². The van der Waals surface area contributed by atoms with Crippen molar-refractivity contribution >= 4 is 56.6 Å². The Kier molecular flexibility index (Phi) is 6.32. The first-order chi connectivity index (χ1) is 15.1. The smallest absolute Gasteiger partial charge is 0.338 e. The molecular weight excluding hydrogens is 505 g/mol. The first-order valence-corrected chi connectivity index (χ1v) is 10.4. The molecule has 0 spiro atoms. The molecule has 152 valence electrons. The van der Waals surface area contributed by atoms with Crippen molar-refractivity contribution < 1.29 is 14.4 Å². The van der Waals surface area contributed by atoms with Crippen LogP contribution in [0.4, 0.5) is 11.4 Å². The predicted octanol–water partition coefficient (Wildman–Crippen LogP) is 6.55. The summed E-state index contributed by atoms with van der Waals surface area (Å²) in [7, 11) is 0. The Morgan fingerprint density at radius 2 is 1.52 bits per heavy atom. The zero-order valence-electron chi connectivity index (χ0n) is 16.2. The number of anilines is 1. The molecular formula is C24H16IN3O3. The number of carbonyl (C=O) groups is 2. The van der Waals surface area contributed by atoms with Crippen LogP contribution in [0.5, 0.6) is 0 Å². The van der Waals surface area contributed by atoms with Crippen molar-refractivity contribution in [3.8, 4) is 0 Å². The molecule has 0 saturated heterocycles. The topological polar surface area (TPSA) is 80.1 Å². The SMILES string of the molecule is O=C(ONc1ccc(N=NC(=O)c2ccccc2I)cc1)c1ccc2ccccc2c1. The second-order valence-electron chi connectivity index (χ2n) is 6.59. The number of halogens is 1. The number of carbonyl (C=O) groups excluding carboxylic acids is 2. The summed E-state index contributed by atoms with van der Waals surface area (Å²) in [6, 6.07) is 27.0.